The van der Waals surface area contributed by atoms with Crippen LogP contribution in [0.25, 0.3) is 0 Å². The number of aliphatic hydroxyl groups excluding tert-OH is 1. The first-order valence-electron chi connectivity index (χ1n) is 16.8. The zero-order valence-corrected chi connectivity index (χ0v) is 28.1. The van der Waals surface area contributed by atoms with Gasteiger partial charge in [-0.15, -0.1) is 0 Å². The molecule has 0 spiro atoms. The van der Waals surface area contributed by atoms with Gasteiger partial charge in [-0.3, -0.25) is 9.36 Å². The van der Waals surface area contributed by atoms with Crippen LogP contribution in [-0.2, 0) is 23.1 Å². The van der Waals surface area contributed by atoms with E-state index in [4.69, 9.17) is 13.8 Å². The van der Waals surface area contributed by atoms with Crippen molar-refractivity contribution in [3.05, 3.63) is 0 Å². The summed E-state index contributed by atoms with van der Waals surface area (Å²) in [7, 11) is 1.25. The summed E-state index contributed by atoms with van der Waals surface area (Å²) in [5, 5.41) is 9.41. The van der Waals surface area contributed by atoms with E-state index in [1.807, 2.05) is 21.1 Å². The Hall–Kier alpha value is -0.500. The van der Waals surface area contributed by atoms with Gasteiger partial charge < -0.3 is 28.3 Å². The number of esters is 1. The second-order valence-corrected chi connectivity index (χ2v) is 14.1. The molecule has 0 bridgehead atoms. The van der Waals surface area contributed by atoms with E-state index in [2.05, 4.69) is 6.92 Å². The minimum absolute atomic E-state index is 0.00661. The lowest BCUT2D eigenvalue weighted by molar-refractivity contribution is -0.870. The lowest BCUT2D eigenvalue weighted by Crippen LogP contribution is -2.37. The molecule has 0 radical (unpaired) electrons. The molecule has 0 saturated carbocycles. The van der Waals surface area contributed by atoms with E-state index >= 15 is 0 Å². The molecule has 8 nitrogen and oxygen atoms in total. The lowest BCUT2D eigenvalue weighted by atomic mass is 10.0. The zero-order valence-electron chi connectivity index (χ0n) is 27.3. The number of ether oxygens (including phenoxy) is 1. The SMILES string of the molecule is CCCCCCCCCCCCCCCCCCCCCCCC(=O)O[C@@H](CO)COP(=O)([O-])OCC[N+](C)(C)C. The van der Waals surface area contributed by atoms with Crippen LogP contribution >= 0.6 is 7.82 Å². The zero-order chi connectivity index (χ0) is 30.7. The maximum Gasteiger partial charge on any atom is 0.306 e. The first-order valence-corrected chi connectivity index (χ1v) is 18.3. The molecule has 0 aromatic heterocycles. The lowest BCUT2D eigenvalue weighted by Gasteiger charge is -2.28. The van der Waals surface area contributed by atoms with Gasteiger partial charge in [0.25, 0.3) is 7.82 Å². The summed E-state index contributed by atoms with van der Waals surface area (Å²) in [6.07, 6.45) is 26.7. The van der Waals surface area contributed by atoms with Crippen molar-refractivity contribution in [1.82, 2.24) is 0 Å². The summed E-state index contributed by atoms with van der Waals surface area (Å²) in [5.74, 6) is -0.447. The molecule has 0 aliphatic rings. The molecule has 0 fully saturated rings. The largest absolute Gasteiger partial charge is 0.756 e. The van der Waals surface area contributed by atoms with E-state index in [0.29, 0.717) is 11.0 Å². The van der Waals surface area contributed by atoms with Gasteiger partial charge in [0, 0.05) is 6.42 Å². The molecule has 2 atom stereocenters. The van der Waals surface area contributed by atoms with E-state index in [9.17, 15) is 19.4 Å². The normalized spacial score (nSPS) is 14.2. The van der Waals surface area contributed by atoms with Crippen molar-refractivity contribution in [3.8, 4) is 0 Å². The van der Waals surface area contributed by atoms with Gasteiger partial charge in [-0.1, -0.05) is 135 Å². The molecule has 246 valence electrons. The molecular formula is C32H66NO7P. The van der Waals surface area contributed by atoms with Gasteiger partial charge in [-0.2, -0.15) is 0 Å². The number of hydrogen-bond donors (Lipinski definition) is 1. The van der Waals surface area contributed by atoms with Crippen molar-refractivity contribution < 1.29 is 37.6 Å². The molecule has 0 aromatic carbocycles. The van der Waals surface area contributed by atoms with Crippen LogP contribution in [0.4, 0.5) is 0 Å². The first-order chi connectivity index (χ1) is 19.6. The van der Waals surface area contributed by atoms with Gasteiger partial charge in [0.05, 0.1) is 34.4 Å². The summed E-state index contributed by atoms with van der Waals surface area (Å²) in [4.78, 5) is 23.9. The van der Waals surface area contributed by atoms with E-state index in [1.165, 1.54) is 116 Å². The average molecular weight is 608 g/mol. The predicted octanol–water partition coefficient (Wildman–Crippen LogP) is 7.70. The van der Waals surface area contributed by atoms with E-state index in [-0.39, 0.29) is 13.0 Å². The monoisotopic (exact) mass is 607 g/mol. The number of aliphatic hydroxyl groups is 1. The van der Waals surface area contributed by atoms with Crippen molar-refractivity contribution >= 4 is 13.8 Å². The molecule has 0 rings (SSSR count). The molecule has 1 unspecified atom stereocenters. The Morgan fingerprint density at radius 2 is 1.10 bits per heavy atom. The predicted molar refractivity (Wildman–Crippen MR) is 167 cm³/mol. The van der Waals surface area contributed by atoms with Gasteiger partial charge in [0.2, 0.25) is 0 Å². The number of rotatable bonds is 31. The number of likely N-dealkylation sites (N-methyl/N-ethyl adjacent to an activating group) is 1. The van der Waals surface area contributed by atoms with Crippen LogP contribution < -0.4 is 4.89 Å². The van der Waals surface area contributed by atoms with Gasteiger partial charge in [0.15, 0.2) is 0 Å². The third kappa shape index (κ3) is 30.8. The van der Waals surface area contributed by atoms with Crippen molar-refractivity contribution in [2.45, 2.75) is 154 Å². The minimum atomic E-state index is -4.51. The summed E-state index contributed by atoms with van der Waals surface area (Å²) < 4.78 is 27.2. The van der Waals surface area contributed by atoms with Crippen LogP contribution in [0.5, 0.6) is 0 Å². The summed E-state index contributed by atoms with van der Waals surface area (Å²) in [5.41, 5.74) is 0. The number of phosphoric ester groups is 1. The second-order valence-electron chi connectivity index (χ2n) is 12.7. The van der Waals surface area contributed by atoms with E-state index in [0.717, 1.165) is 19.3 Å². The molecule has 0 heterocycles. The van der Waals surface area contributed by atoms with Gasteiger partial charge in [0.1, 0.15) is 19.3 Å². The van der Waals surface area contributed by atoms with Crippen LogP contribution in [0.15, 0.2) is 0 Å². The highest BCUT2D eigenvalue weighted by Crippen LogP contribution is 2.38. The van der Waals surface area contributed by atoms with Crippen molar-refractivity contribution in [3.63, 3.8) is 0 Å². The standard InChI is InChI=1S/C32H66NO7P/c1-5-6-7-8-9-10-11-12-13-14-15-16-17-18-19-20-21-22-23-24-25-26-32(35)40-31(29-34)30-39-41(36,37)38-28-27-33(2,3)4/h31,34H,5-30H2,1-4H3/t31-/m0/s1. The summed E-state index contributed by atoms with van der Waals surface area (Å²) in [6.45, 7) is 1.80. The smallest absolute Gasteiger partial charge is 0.306 e. The highest BCUT2D eigenvalue weighted by molar-refractivity contribution is 7.45. The third-order valence-electron chi connectivity index (χ3n) is 7.42. The van der Waals surface area contributed by atoms with Crippen molar-refractivity contribution in [2.24, 2.45) is 0 Å². The Morgan fingerprint density at radius 3 is 1.46 bits per heavy atom. The maximum atomic E-state index is 12.1. The number of unbranched alkanes of at least 4 members (excludes halogenated alkanes) is 20. The topological polar surface area (TPSA) is 105 Å². The summed E-state index contributed by atoms with van der Waals surface area (Å²) in [6, 6.07) is 0. The highest BCUT2D eigenvalue weighted by Gasteiger charge is 2.19. The highest BCUT2D eigenvalue weighted by atomic mass is 31.2. The fourth-order valence-electron chi connectivity index (χ4n) is 4.71. The van der Waals surface area contributed by atoms with Crippen LogP contribution in [0.1, 0.15) is 148 Å². The molecule has 0 amide bonds. The molecule has 0 aliphatic heterocycles. The number of carbonyl (C=O) groups is 1. The Labute approximate surface area is 253 Å². The molecule has 9 heteroatoms. The first kappa shape index (κ1) is 40.5. The summed E-state index contributed by atoms with van der Waals surface area (Å²) >= 11 is 0. The Bertz CT molecular complexity index is 642. The minimum Gasteiger partial charge on any atom is -0.756 e. The Kier molecular flexibility index (Phi) is 26.7. The molecule has 0 aliphatic carbocycles. The van der Waals surface area contributed by atoms with Crippen LogP contribution in [0.3, 0.4) is 0 Å². The Balaban J connectivity index is 3.53. The molecule has 0 aromatic rings. The Morgan fingerprint density at radius 1 is 0.707 bits per heavy atom. The fourth-order valence-corrected chi connectivity index (χ4v) is 5.44. The molecule has 41 heavy (non-hydrogen) atoms. The number of quaternary nitrogens is 1. The van der Waals surface area contributed by atoms with Crippen LogP contribution in [-0.4, -0.2) is 69.2 Å². The van der Waals surface area contributed by atoms with Crippen molar-refractivity contribution in [1.29, 1.82) is 0 Å². The number of carbonyl (C=O) groups excluding carboxylic acids is 1. The van der Waals surface area contributed by atoms with Gasteiger partial charge in [-0.05, 0) is 6.42 Å². The van der Waals surface area contributed by atoms with Gasteiger partial charge in [-0.25, -0.2) is 0 Å². The van der Waals surface area contributed by atoms with Crippen LogP contribution in [0.2, 0.25) is 0 Å². The molecular weight excluding hydrogens is 541 g/mol. The maximum absolute atomic E-state index is 12.1. The quantitative estimate of drug-likeness (QED) is 0.0373. The number of phosphoric acid groups is 1. The molecule has 0 saturated heterocycles. The molecule has 1 N–H and O–H groups in total. The van der Waals surface area contributed by atoms with Gasteiger partial charge >= 0.3 is 5.97 Å². The number of nitrogens with zero attached hydrogens (tertiary/aromatic N) is 1. The number of hydrogen-bond acceptors (Lipinski definition) is 7. The van der Waals surface area contributed by atoms with E-state index in [1.54, 1.807) is 0 Å². The second kappa shape index (κ2) is 27.1. The van der Waals surface area contributed by atoms with E-state index < -0.39 is 33.1 Å². The van der Waals surface area contributed by atoms with Crippen molar-refractivity contribution in [2.75, 3.05) is 47.5 Å². The van der Waals surface area contributed by atoms with Crippen LogP contribution in [0, 0.1) is 0 Å². The third-order valence-corrected chi connectivity index (χ3v) is 8.38. The average Bonchev–Trinajstić information content (AvgIpc) is 2.91. The fraction of sp³-hybridized carbons (Fsp3) is 0.969.